The van der Waals surface area contributed by atoms with Crippen LogP contribution in [0.2, 0.25) is 0 Å². The average Bonchev–Trinajstić information content (AvgIpc) is 3.04. The zero-order valence-electron chi connectivity index (χ0n) is 10.7. The summed E-state index contributed by atoms with van der Waals surface area (Å²) >= 11 is 1.86. The Morgan fingerprint density at radius 2 is 2.11 bits per heavy atom. The topological polar surface area (TPSA) is 35.2 Å². The Hall–Kier alpha value is -1.06. The van der Waals surface area contributed by atoms with Crippen molar-refractivity contribution in [2.75, 3.05) is 13.7 Å². The third-order valence-electron chi connectivity index (χ3n) is 4.20. The number of hydrogen-bond donors (Lipinski definition) is 1. The molecule has 0 aliphatic heterocycles. The second-order valence-electron chi connectivity index (χ2n) is 5.18. The minimum Gasteiger partial charge on any atom is -0.495 e. The molecule has 1 aromatic heterocycles. The Morgan fingerprint density at radius 3 is 2.78 bits per heavy atom. The van der Waals surface area contributed by atoms with Crippen LogP contribution in [0.15, 0.2) is 24.3 Å². The lowest BCUT2D eigenvalue weighted by atomic mass is 9.84. The van der Waals surface area contributed by atoms with E-state index in [1.807, 2.05) is 17.4 Å². The Balaban J connectivity index is 2.13. The summed E-state index contributed by atoms with van der Waals surface area (Å²) in [4.78, 5) is 1.45. The van der Waals surface area contributed by atoms with Crippen LogP contribution in [0.4, 0.5) is 0 Å². The number of thiophene rings is 1. The second-order valence-corrected chi connectivity index (χ2v) is 6.23. The molecular formula is C15H19NOS. The van der Waals surface area contributed by atoms with E-state index in [-0.39, 0.29) is 5.41 Å². The molecule has 1 fully saturated rings. The summed E-state index contributed by atoms with van der Waals surface area (Å²) in [5.74, 6) is 0.980. The lowest BCUT2D eigenvalue weighted by Crippen LogP contribution is -2.30. The summed E-state index contributed by atoms with van der Waals surface area (Å²) in [5, 5.41) is 1.29. The molecule has 3 rings (SSSR count). The van der Waals surface area contributed by atoms with Crippen molar-refractivity contribution < 1.29 is 4.74 Å². The lowest BCUT2D eigenvalue weighted by molar-refractivity contribution is 0.420. The molecular weight excluding hydrogens is 242 g/mol. The fraction of sp³-hybridized carbons (Fsp3) is 0.467. The Bertz CT molecular complexity index is 555. The van der Waals surface area contributed by atoms with Gasteiger partial charge in [-0.05, 0) is 30.4 Å². The van der Waals surface area contributed by atoms with E-state index in [9.17, 15) is 0 Å². The molecule has 96 valence electrons. The van der Waals surface area contributed by atoms with Gasteiger partial charge in [-0.2, -0.15) is 0 Å². The van der Waals surface area contributed by atoms with Gasteiger partial charge in [-0.15, -0.1) is 11.3 Å². The SMILES string of the molecule is COc1cccc2cc(C3(CN)CCCC3)sc12. The smallest absolute Gasteiger partial charge is 0.136 e. The number of hydrogen-bond acceptors (Lipinski definition) is 3. The minimum atomic E-state index is 0.231. The van der Waals surface area contributed by atoms with E-state index in [1.165, 1.54) is 40.6 Å². The molecule has 0 spiro atoms. The van der Waals surface area contributed by atoms with Gasteiger partial charge in [0.15, 0.2) is 0 Å². The van der Waals surface area contributed by atoms with Crippen molar-refractivity contribution in [3.8, 4) is 5.75 Å². The fourth-order valence-electron chi connectivity index (χ4n) is 3.06. The third-order valence-corrected chi connectivity index (χ3v) is 5.61. The molecule has 1 aliphatic rings. The first-order valence-electron chi connectivity index (χ1n) is 6.56. The number of benzene rings is 1. The largest absolute Gasteiger partial charge is 0.495 e. The zero-order chi connectivity index (χ0) is 12.6. The van der Waals surface area contributed by atoms with E-state index in [2.05, 4.69) is 18.2 Å². The summed E-state index contributed by atoms with van der Waals surface area (Å²) in [6, 6.07) is 8.57. The van der Waals surface area contributed by atoms with Crippen LogP contribution in [0.3, 0.4) is 0 Å². The van der Waals surface area contributed by atoms with E-state index in [4.69, 9.17) is 10.5 Å². The maximum atomic E-state index is 6.07. The first kappa shape index (κ1) is 12.0. The molecule has 0 saturated heterocycles. The lowest BCUT2D eigenvalue weighted by Gasteiger charge is -2.25. The van der Waals surface area contributed by atoms with Gasteiger partial charge >= 0.3 is 0 Å². The third kappa shape index (κ3) is 1.73. The summed E-state index contributed by atoms with van der Waals surface area (Å²) in [5.41, 5.74) is 6.30. The maximum absolute atomic E-state index is 6.07. The van der Waals surface area contributed by atoms with E-state index >= 15 is 0 Å². The number of rotatable bonds is 3. The number of methoxy groups -OCH3 is 1. The zero-order valence-corrected chi connectivity index (χ0v) is 11.6. The van der Waals surface area contributed by atoms with Crippen LogP contribution >= 0.6 is 11.3 Å². The van der Waals surface area contributed by atoms with Crippen LogP contribution in [0.5, 0.6) is 5.75 Å². The van der Waals surface area contributed by atoms with Gasteiger partial charge in [0, 0.05) is 16.8 Å². The minimum absolute atomic E-state index is 0.231. The molecule has 1 heterocycles. The van der Waals surface area contributed by atoms with Crippen LogP contribution in [0, 0.1) is 0 Å². The highest BCUT2D eigenvalue weighted by Gasteiger charge is 2.35. The van der Waals surface area contributed by atoms with E-state index in [1.54, 1.807) is 7.11 Å². The maximum Gasteiger partial charge on any atom is 0.136 e. The molecule has 0 radical (unpaired) electrons. The first-order valence-corrected chi connectivity index (χ1v) is 7.38. The van der Waals surface area contributed by atoms with Gasteiger partial charge in [0.2, 0.25) is 0 Å². The molecule has 2 nitrogen and oxygen atoms in total. The number of nitrogens with two attached hydrogens (primary N) is 1. The van der Waals surface area contributed by atoms with Crippen LogP contribution in [0.25, 0.3) is 10.1 Å². The van der Waals surface area contributed by atoms with Crippen molar-refractivity contribution in [1.82, 2.24) is 0 Å². The standard InChI is InChI=1S/C15H19NOS/c1-17-12-6-4-5-11-9-13(18-14(11)12)15(10-16)7-2-3-8-15/h4-6,9H,2-3,7-8,10,16H2,1H3. The first-order chi connectivity index (χ1) is 8.79. The molecule has 0 bridgehead atoms. The molecule has 0 unspecified atom stereocenters. The number of fused-ring (bicyclic) bond motifs is 1. The van der Waals surface area contributed by atoms with E-state index in [0.29, 0.717) is 0 Å². The molecule has 0 amide bonds. The summed E-state index contributed by atoms with van der Waals surface area (Å²) in [6.07, 6.45) is 5.09. The van der Waals surface area contributed by atoms with Gasteiger partial charge < -0.3 is 10.5 Å². The van der Waals surface area contributed by atoms with Crippen molar-refractivity contribution >= 4 is 21.4 Å². The molecule has 1 saturated carbocycles. The molecule has 1 aliphatic carbocycles. The summed E-state index contributed by atoms with van der Waals surface area (Å²) in [7, 11) is 1.74. The quantitative estimate of drug-likeness (QED) is 0.914. The van der Waals surface area contributed by atoms with Crippen LogP contribution in [-0.4, -0.2) is 13.7 Å². The van der Waals surface area contributed by atoms with Crippen LogP contribution in [0.1, 0.15) is 30.6 Å². The fourth-order valence-corrected chi connectivity index (χ4v) is 4.47. The highest BCUT2D eigenvalue weighted by molar-refractivity contribution is 7.19. The molecule has 18 heavy (non-hydrogen) atoms. The van der Waals surface area contributed by atoms with Gasteiger partial charge in [-0.25, -0.2) is 0 Å². The normalized spacial score (nSPS) is 18.3. The van der Waals surface area contributed by atoms with Crippen LogP contribution < -0.4 is 10.5 Å². The number of ether oxygens (including phenoxy) is 1. The predicted molar refractivity (Wildman–Crippen MR) is 77.6 cm³/mol. The van der Waals surface area contributed by atoms with Crippen molar-refractivity contribution in [2.45, 2.75) is 31.1 Å². The Labute approximate surface area is 112 Å². The highest BCUT2D eigenvalue weighted by atomic mass is 32.1. The predicted octanol–water partition coefficient (Wildman–Crippen LogP) is 3.68. The Kier molecular flexibility index (Phi) is 3.04. The highest BCUT2D eigenvalue weighted by Crippen LogP contribution is 2.46. The summed E-state index contributed by atoms with van der Waals surface area (Å²) in [6.45, 7) is 0.766. The van der Waals surface area contributed by atoms with Gasteiger partial charge in [-0.1, -0.05) is 25.0 Å². The molecule has 2 aromatic rings. The molecule has 0 atom stereocenters. The molecule has 3 heteroatoms. The van der Waals surface area contributed by atoms with Gasteiger partial charge in [-0.3, -0.25) is 0 Å². The van der Waals surface area contributed by atoms with Crippen molar-refractivity contribution in [2.24, 2.45) is 5.73 Å². The van der Waals surface area contributed by atoms with Crippen molar-refractivity contribution in [3.63, 3.8) is 0 Å². The molecule has 2 N–H and O–H groups in total. The van der Waals surface area contributed by atoms with E-state index in [0.717, 1.165) is 12.3 Å². The van der Waals surface area contributed by atoms with Gasteiger partial charge in [0.25, 0.3) is 0 Å². The molecule has 1 aromatic carbocycles. The summed E-state index contributed by atoms with van der Waals surface area (Å²) < 4.78 is 6.71. The second kappa shape index (κ2) is 4.56. The van der Waals surface area contributed by atoms with Gasteiger partial charge in [0.1, 0.15) is 5.75 Å². The van der Waals surface area contributed by atoms with E-state index < -0.39 is 0 Å². The van der Waals surface area contributed by atoms with Crippen molar-refractivity contribution in [3.05, 3.63) is 29.1 Å². The monoisotopic (exact) mass is 261 g/mol. The van der Waals surface area contributed by atoms with Crippen LogP contribution in [-0.2, 0) is 5.41 Å². The van der Waals surface area contributed by atoms with Crippen molar-refractivity contribution in [1.29, 1.82) is 0 Å². The average molecular weight is 261 g/mol. The van der Waals surface area contributed by atoms with Gasteiger partial charge in [0.05, 0.1) is 11.8 Å². The Morgan fingerprint density at radius 1 is 1.33 bits per heavy atom.